The number of anilines is 2. The number of aromatic nitrogens is 1. The molecule has 2 aromatic carbocycles. The number of guanidine groups is 1. The van der Waals surface area contributed by atoms with Crippen LogP contribution in [0.2, 0.25) is 0 Å². The first kappa shape index (κ1) is 37.4. The van der Waals surface area contributed by atoms with Crippen molar-refractivity contribution in [2.24, 2.45) is 34.4 Å². The van der Waals surface area contributed by atoms with Crippen molar-refractivity contribution in [3.05, 3.63) is 84.2 Å². The molecule has 1 aromatic heterocycles. The minimum Gasteiger partial charge on any atom is -0.489 e. The van der Waals surface area contributed by atoms with Gasteiger partial charge in [-0.15, -0.1) is 0 Å². The molecule has 1 unspecified atom stereocenters. The number of unbranched alkanes of at least 4 members (excludes halogenated alkanes) is 1. The molecule has 2 atom stereocenters. The van der Waals surface area contributed by atoms with E-state index in [0.717, 1.165) is 56.4 Å². The Morgan fingerprint density at radius 2 is 1.72 bits per heavy atom. The summed E-state index contributed by atoms with van der Waals surface area (Å²) in [5, 5.41) is 17.5. The standard InChI is InChI=1S/C38H48N8O4/c1-26(2)34(35(40)47)27(3)36(48)44-31-13-9-29(10-14-31)24-50-33-15-11-30(12-16-33)37(49)46-21-17-28(18-22-46)7-4-5-20-42-38(43-25-39)45-32-8-6-19-41-23-32/h6,8-16,19,23,26-28,34H,4-5,7,17-18,20-22,24H2,1-3H3,(H2,40,47)(H,44,48)(H2,42,43,45)/t27-,34?/m0/s1. The second kappa shape index (κ2) is 18.9. The molecule has 264 valence electrons. The normalized spacial score (nSPS) is 14.7. The topological polar surface area (TPSA) is 175 Å². The maximum absolute atomic E-state index is 13.2. The third-order valence-corrected chi connectivity index (χ3v) is 9.02. The Bertz CT molecular complexity index is 1610. The summed E-state index contributed by atoms with van der Waals surface area (Å²) in [6, 6.07) is 18.2. The van der Waals surface area contributed by atoms with Gasteiger partial charge in [0.25, 0.3) is 5.91 Å². The van der Waals surface area contributed by atoms with Gasteiger partial charge in [-0.1, -0.05) is 45.7 Å². The van der Waals surface area contributed by atoms with E-state index in [1.165, 1.54) is 0 Å². The molecule has 1 aliphatic rings. The maximum atomic E-state index is 13.2. The zero-order valence-electron chi connectivity index (χ0n) is 29.1. The zero-order valence-corrected chi connectivity index (χ0v) is 29.1. The van der Waals surface area contributed by atoms with Crippen molar-refractivity contribution in [3.8, 4) is 11.9 Å². The zero-order chi connectivity index (χ0) is 35.9. The summed E-state index contributed by atoms with van der Waals surface area (Å²) in [4.78, 5) is 48.2. The Kier molecular flexibility index (Phi) is 14.2. The number of nitriles is 1. The number of likely N-dealkylation sites (tertiary alicyclic amines) is 1. The number of pyridine rings is 1. The van der Waals surface area contributed by atoms with Gasteiger partial charge in [0.15, 0.2) is 6.19 Å². The molecule has 1 saturated heterocycles. The number of ether oxygens (including phenoxy) is 1. The Morgan fingerprint density at radius 1 is 1.00 bits per heavy atom. The van der Waals surface area contributed by atoms with Crippen LogP contribution in [0, 0.1) is 35.1 Å². The number of primary amides is 1. The number of amides is 3. The number of nitrogens with one attached hydrogen (secondary N) is 3. The van der Waals surface area contributed by atoms with E-state index in [1.54, 1.807) is 43.6 Å². The van der Waals surface area contributed by atoms with Gasteiger partial charge in [0.1, 0.15) is 12.4 Å². The van der Waals surface area contributed by atoms with Crippen LogP contribution >= 0.6 is 0 Å². The average molecular weight is 681 g/mol. The molecular formula is C38H48N8O4. The van der Waals surface area contributed by atoms with E-state index in [9.17, 15) is 14.4 Å². The molecule has 2 heterocycles. The molecule has 0 saturated carbocycles. The van der Waals surface area contributed by atoms with E-state index >= 15 is 0 Å². The van der Waals surface area contributed by atoms with Crippen LogP contribution < -0.4 is 26.4 Å². The van der Waals surface area contributed by atoms with Crippen LogP contribution in [-0.4, -0.2) is 53.2 Å². The number of aliphatic imine (C=N–C) groups is 1. The van der Waals surface area contributed by atoms with Crippen molar-refractivity contribution in [2.75, 3.05) is 30.3 Å². The van der Waals surface area contributed by atoms with Crippen molar-refractivity contribution in [1.29, 1.82) is 5.26 Å². The number of carbonyl (C=O) groups excluding carboxylic acids is 3. The van der Waals surface area contributed by atoms with Crippen LogP contribution in [0.1, 0.15) is 68.8 Å². The Morgan fingerprint density at radius 3 is 2.34 bits per heavy atom. The number of benzene rings is 2. The van der Waals surface area contributed by atoms with Crippen molar-refractivity contribution in [2.45, 2.75) is 59.5 Å². The molecule has 0 bridgehead atoms. The lowest BCUT2D eigenvalue weighted by Gasteiger charge is -2.32. The summed E-state index contributed by atoms with van der Waals surface area (Å²) in [5.74, 6) is -0.166. The van der Waals surface area contributed by atoms with Gasteiger partial charge in [0, 0.05) is 43.0 Å². The van der Waals surface area contributed by atoms with Gasteiger partial charge < -0.3 is 26.0 Å². The molecule has 4 rings (SSSR count). The first-order valence-corrected chi connectivity index (χ1v) is 17.2. The molecule has 50 heavy (non-hydrogen) atoms. The predicted molar refractivity (Wildman–Crippen MR) is 194 cm³/mol. The van der Waals surface area contributed by atoms with E-state index < -0.39 is 17.7 Å². The second-order valence-electron chi connectivity index (χ2n) is 13.0. The van der Waals surface area contributed by atoms with Crippen molar-refractivity contribution >= 4 is 35.1 Å². The smallest absolute Gasteiger partial charge is 0.253 e. The molecular weight excluding hydrogens is 632 g/mol. The van der Waals surface area contributed by atoms with Gasteiger partial charge in [0.05, 0.1) is 17.8 Å². The third kappa shape index (κ3) is 11.3. The van der Waals surface area contributed by atoms with Crippen LogP contribution in [0.15, 0.2) is 78.0 Å². The van der Waals surface area contributed by atoms with Gasteiger partial charge in [-0.3, -0.25) is 29.7 Å². The fraction of sp³-hybridized carbons (Fsp3) is 0.421. The van der Waals surface area contributed by atoms with Crippen LogP contribution in [0.5, 0.6) is 5.75 Å². The maximum Gasteiger partial charge on any atom is 0.253 e. The van der Waals surface area contributed by atoms with E-state index in [2.05, 4.69) is 25.9 Å². The van der Waals surface area contributed by atoms with Gasteiger partial charge in [0.2, 0.25) is 17.8 Å². The first-order valence-electron chi connectivity index (χ1n) is 17.2. The fourth-order valence-corrected chi connectivity index (χ4v) is 6.20. The Hall–Kier alpha value is -5.44. The minimum absolute atomic E-state index is 0.0328. The monoisotopic (exact) mass is 680 g/mol. The largest absolute Gasteiger partial charge is 0.489 e. The number of nitrogens with two attached hydrogens (primary N) is 1. The average Bonchev–Trinajstić information content (AvgIpc) is 3.11. The van der Waals surface area contributed by atoms with Gasteiger partial charge in [-0.25, -0.2) is 0 Å². The highest BCUT2D eigenvalue weighted by atomic mass is 16.5. The summed E-state index contributed by atoms with van der Waals surface area (Å²) in [6.07, 6.45) is 10.3. The summed E-state index contributed by atoms with van der Waals surface area (Å²) in [7, 11) is 0. The van der Waals surface area contributed by atoms with Crippen molar-refractivity contribution in [3.63, 3.8) is 0 Å². The van der Waals surface area contributed by atoms with Crippen LogP contribution in [0.25, 0.3) is 0 Å². The van der Waals surface area contributed by atoms with Gasteiger partial charge in [-0.2, -0.15) is 5.26 Å². The van der Waals surface area contributed by atoms with Gasteiger partial charge in [-0.05, 0) is 85.2 Å². The predicted octanol–water partition coefficient (Wildman–Crippen LogP) is 5.55. The summed E-state index contributed by atoms with van der Waals surface area (Å²) < 4.78 is 5.94. The van der Waals surface area contributed by atoms with Crippen molar-refractivity contribution < 1.29 is 19.1 Å². The SMILES string of the molecule is CC(C)C(C(N)=O)[C@H](C)C(=O)Nc1ccc(COc2ccc(C(=O)N3CCC(CCCCN=C(NC#N)Nc4cccnc4)CC3)cc2)cc1. The summed E-state index contributed by atoms with van der Waals surface area (Å²) in [5.41, 5.74) is 8.47. The number of rotatable bonds is 15. The summed E-state index contributed by atoms with van der Waals surface area (Å²) in [6.45, 7) is 7.89. The molecule has 0 radical (unpaired) electrons. The number of piperidine rings is 1. The molecule has 3 aromatic rings. The van der Waals surface area contributed by atoms with Crippen LogP contribution in [-0.2, 0) is 16.2 Å². The Labute approximate surface area is 294 Å². The highest BCUT2D eigenvalue weighted by Gasteiger charge is 2.31. The number of hydrogen-bond acceptors (Lipinski definition) is 7. The van der Waals surface area contributed by atoms with Crippen LogP contribution in [0.4, 0.5) is 11.4 Å². The Balaban J connectivity index is 1.15. The quantitative estimate of drug-likeness (QED) is 0.0531. The highest BCUT2D eigenvalue weighted by molar-refractivity contribution is 5.96. The molecule has 3 amide bonds. The van der Waals surface area contributed by atoms with Gasteiger partial charge >= 0.3 is 0 Å². The van der Waals surface area contributed by atoms with Crippen molar-refractivity contribution in [1.82, 2.24) is 15.2 Å². The highest BCUT2D eigenvalue weighted by Crippen LogP contribution is 2.25. The molecule has 0 aliphatic carbocycles. The molecule has 1 aliphatic heterocycles. The van der Waals surface area contributed by atoms with E-state index in [-0.39, 0.29) is 17.7 Å². The molecule has 0 spiro atoms. The van der Waals surface area contributed by atoms with Crippen LogP contribution in [0.3, 0.4) is 0 Å². The van der Waals surface area contributed by atoms with E-state index in [0.29, 0.717) is 42.0 Å². The van der Waals surface area contributed by atoms with E-state index in [1.807, 2.05) is 61.3 Å². The lowest BCUT2D eigenvalue weighted by molar-refractivity contribution is -0.131. The number of nitrogens with zero attached hydrogens (tertiary/aromatic N) is 4. The lowest BCUT2D eigenvalue weighted by Crippen LogP contribution is -2.38. The minimum atomic E-state index is -0.546. The second-order valence-corrected chi connectivity index (χ2v) is 13.0. The number of hydrogen-bond donors (Lipinski definition) is 4. The third-order valence-electron chi connectivity index (χ3n) is 9.02. The first-order chi connectivity index (χ1) is 24.1. The molecule has 12 heteroatoms. The fourth-order valence-electron chi connectivity index (χ4n) is 6.20. The molecule has 1 fully saturated rings. The number of carbonyl (C=O) groups is 3. The summed E-state index contributed by atoms with van der Waals surface area (Å²) >= 11 is 0. The molecule has 12 nitrogen and oxygen atoms in total. The molecule has 5 N–H and O–H groups in total. The lowest BCUT2D eigenvalue weighted by atomic mass is 9.83. The van der Waals surface area contributed by atoms with E-state index in [4.69, 9.17) is 15.7 Å².